The van der Waals surface area contributed by atoms with Gasteiger partial charge in [-0.2, -0.15) is 0 Å². The number of halogens is 1. The van der Waals surface area contributed by atoms with Crippen LogP contribution in [0.2, 0.25) is 0 Å². The predicted octanol–water partition coefficient (Wildman–Crippen LogP) is 3.23. The normalized spacial score (nSPS) is 10.4. The molecule has 2 aromatic carbocycles. The smallest absolute Gasteiger partial charge is 0.0604 e. The van der Waals surface area contributed by atoms with Gasteiger partial charge in [-0.15, -0.1) is 0 Å². The van der Waals surface area contributed by atoms with E-state index in [4.69, 9.17) is 10.8 Å². The molecule has 4 N–H and O–H groups in total. The zero-order chi connectivity index (χ0) is 13.7. The molecule has 0 aliphatic heterocycles. The maximum absolute atomic E-state index is 8.95. The summed E-state index contributed by atoms with van der Waals surface area (Å²) in [6.07, 6.45) is 0. The first kappa shape index (κ1) is 13.9. The van der Waals surface area contributed by atoms with Gasteiger partial charge in [-0.3, -0.25) is 0 Å². The van der Waals surface area contributed by atoms with Crippen LogP contribution in [0.1, 0.15) is 5.56 Å². The average molecular weight is 321 g/mol. The molecule has 0 heterocycles. The van der Waals surface area contributed by atoms with Crippen molar-refractivity contribution in [2.45, 2.75) is 5.33 Å². The summed E-state index contributed by atoms with van der Waals surface area (Å²) in [6.45, 7) is 0.622. The number of nitrogen functional groups attached to an aromatic ring is 1. The molecule has 0 bridgehead atoms. The fourth-order valence-corrected chi connectivity index (χ4v) is 2.52. The molecule has 100 valence electrons. The third-order valence-electron chi connectivity index (χ3n) is 2.92. The Morgan fingerprint density at radius 1 is 1.11 bits per heavy atom. The number of hydrogen-bond acceptors (Lipinski definition) is 3. The Morgan fingerprint density at radius 3 is 2.63 bits per heavy atom. The van der Waals surface area contributed by atoms with Gasteiger partial charge in [0.15, 0.2) is 0 Å². The molecule has 0 aliphatic carbocycles. The number of nitrogens with two attached hydrogens (primary N) is 1. The maximum Gasteiger partial charge on any atom is 0.0604 e. The third kappa shape index (κ3) is 3.28. The van der Waals surface area contributed by atoms with E-state index in [9.17, 15) is 0 Å². The summed E-state index contributed by atoms with van der Waals surface area (Å²) < 4.78 is 0. The van der Waals surface area contributed by atoms with Gasteiger partial charge in [-0.05, 0) is 29.3 Å². The summed E-state index contributed by atoms with van der Waals surface area (Å²) in [6, 6.07) is 14.0. The lowest BCUT2D eigenvalue weighted by Gasteiger charge is -2.15. The maximum atomic E-state index is 8.95. The molecule has 0 aromatic heterocycles. The molecule has 0 saturated heterocycles. The van der Waals surface area contributed by atoms with Crippen LogP contribution in [-0.2, 0) is 5.33 Å². The Labute approximate surface area is 121 Å². The highest BCUT2D eigenvalue weighted by molar-refractivity contribution is 9.08. The van der Waals surface area contributed by atoms with Gasteiger partial charge >= 0.3 is 0 Å². The molecule has 0 amide bonds. The van der Waals surface area contributed by atoms with E-state index < -0.39 is 0 Å². The number of benzene rings is 2. The van der Waals surface area contributed by atoms with Gasteiger partial charge in [0.25, 0.3) is 0 Å². The van der Waals surface area contributed by atoms with E-state index in [1.807, 2.05) is 30.3 Å². The molecule has 19 heavy (non-hydrogen) atoms. The van der Waals surface area contributed by atoms with Gasteiger partial charge in [0.05, 0.1) is 6.61 Å². The minimum absolute atomic E-state index is 0.101. The van der Waals surface area contributed by atoms with E-state index in [2.05, 4.69) is 33.4 Å². The monoisotopic (exact) mass is 320 g/mol. The summed E-state index contributed by atoms with van der Waals surface area (Å²) in [5.74, 6) is 0. The molecule has 2 aromatic rings. The van der Waals surface area contributed by atoms with Crippen LogP contribution in [-0.4, -0.2) is 18.3 Å². The quantitative estimate of drug-likeness (QED) is 0.585. The largest absolute Gasteiger partial charge is 0.399 e. The summed E-state index contributed by atoms with van der Waals surface area (Å²) in [5.41, 5.74) is 11.0. The molecule has 0 aliphatic rings. The summed E-state index contributed by atoms with van der Waals surface area (Å²) >= 11 is 3.51. The molecular formula is C15H17BrN2O. The Bertz CT molecular complexity index is 558. The van der Waals surface area contributed by atoms with Crippen LogP contribution in [0.3, 0.4) is 0 Å². The van der Waals surface area contributed by atoms with Crippen molar-refractivity contribution in [3.8, 4) is 11.1 Å². The molecule has 4 heteroatoms. The van der Waals surface area contributed by atoms with Crippen LogP contribution >= 0.6 is 15.9 Å². The first-order valence-electron chi connectivity index (χ1n) is 6.14. The summed E-state index contributed by atoms with van der Waals surface area (Å²) in [7, 11) is 0. The zero-order valence-corrected chi connectivity index (χ0v) is 12.2. The van der Waals surface area contributed by atoms with Crippen molar-refractivity contribution in [2.75, 3.05) is 24.2 Å². The van der Waals surface area contributed by atoms with Gasteiger partial charge < -0.3 is 16.2 Å². The van der Waals surface area contributed by atoms with E-state index in [1.165, 1.54) is 5.56 Å². The minimum Gasteiger partial charge on any atom is -0.399 e. The second-order valence-electron chi connectivity index (χ2n) is 4.25. The van der Waals surface area contributed by atoms with E-state index in [-0.39, 0.29) is 6.61 Å². The number of aliphatic hydroxyl groups excluding tert-OH is 1. The molecule has 0 saturated carbocycles. The number of rotatable bonds is 5. The number of aliphatic hydroxyl groups is 1. The van der Waals surface area contributed by atoms with E-state index in [1.54, 1.807) is 0 Å². The third-order valence-corrected chi connectivity index (χ3v) is 3.53. The Hall–Kier alpha value is -1.52. The molecular weight excluding hydrogens is 304 g/mol. The van der Waals surface area contributed by atoms with E-state index in [0.29, 0.717) is 6.54 Å². The Balaban J connectivity index is 2.49. The van der Waals surface area contributed by atoms with Gasteiger partial charge in [-0.1, -0.05) is 40.2 Å². The topological polar surface area (TPSA) is 58.3 Å². The molecule has 0 radical (unpaired) electrons. The summed E-state index contributed by atoms with van der Waals surface area (Å²) in [5, 5.41) is 13.0. The van der Waals surface area contributed by atoms with Crippen molar-refractivity contribution in [1.29, 1.82) is 0 Å². The molecule has 0 spiro atoms. The molecule has 3 nitrogen and oxygen atoms in total. The lowest BCUT2D eigenvalue weighted by atomic mass is 9.98. The van der Waals surface area contributed by atoms with Crippen LogP contribution in [0.25, 0.3) is 11.1 Å². The van der Waals surface area contributed by atoms with Crippen molar-refractivity contribution < 1.29 is 5.11 Å². The lowest BCUT2D eigenvalue weighted by Crippen LogP contribution is -2.07. The van der Waals surface area contributed by atoms with Crippen molar-refractivity contribution in [3.05, 3.63) is 48.0 Å². The van der Waals surface area contributed by atoms with Gasteiger partial charge in [0.1, 0.15) is 0 Å². The van der Waals surface area contributed by atoms with Crippen molar-refractivity contribution in [1.82, 2.24) is 0 Å². The van der Waals surface area contributed by atoms with Gasteiger partial charge in [-0.25, -0.2) is 0 Å². The predicted molar refractivity (Wildman–Crippen MR) is 84.5 cm³/mol. The standard InChI is InChI=1S/C15H17BrN2O/c16-10-11-3-1-2-4-13(11)14-9-12(17)5-6-15(14)18-7-8-19/h1-6,9,18-19H,7-8,10,17H2. The van der Waals surface area contributed by atoms with Crippen LogP contribution in [0.5, 0.6) is 0 Å². The average Bonchev–Trinajstić information content (AvgIpc) is 2.46. The van der Waals surface area contributed by atoms with Gasteiger partial charge in [0, 0.05) is 28.8 Å². The van der Waals surface area contributed by atoms with Gasteiger partial charge in [0.2, 0.25) is 0 Å². The number of alkyl halides is 1. The minimum atomic E-state index is 0.101. The first-order valence-corrected chi connectivity index (χ1v) is 7.27. The zero-order valence-electron chi connectivity index (χ0n) is 10.6. The highest BCUT2D eigenvalue weighted by Gasteiger charge is 2.09. The van der Waals surface area contributed by atoms with Crippen LogP contribution in [0, 0.1) is 0 Å². The fourth-order valence-electron chi connectivity index (χ4n) is 2.03. The molecule has 2 rings (SSSR count). The van der Waals surface area contributed by atoms with Crippen molar-refractivity contribution in [2.24, 2.45) is 0 Å². The van der Waals surface area contributed by atoms with Crippen LogP contribution < -0.4 is 11.1 Å². The Morgan fingerprint density at radius 2 is 1.89 bits per heavy atom. The fraction of sp³-hybridized carbons (Fsp3) is 0.200. The number of nitrogens with one attached hydrogen (secondary N) is 1. The molecule has 0 fully saturated rings. The van der Waals surface area contributed by atoms with E-state index >= 15 is 0 Å². The van der Waals surface area contributed by atoms with Crippen molar-refractivity contribution >= 4 is 27.3 Å². The highest BCUT2D eigenvalue weighted by atomic mass is 79.9. The van der Waals surface area contributed by atoms with Crippen molar-refractivity contribution in [3.63, 3.8) is 0 Å². The van der Waals surface area contributed by atoms with Crippen LogP contribution in [0.4, 0.5) is 11.4 Å². The number of hydrogen-bond donors (Lipinski definition) is 3. The highest BCUT2D eigenvalue weighted by Crippen LogP contribution is 2.33. The summed E-state index contributed by atoms with van der Waals surface area (Å²) in [4.78, 5) is 0. The SMILES string of the molecule is Nc1ccc(NCCO)c(-c2ccccc2CBr)c1. The number of anilines is 2. The Kier molecular flexibility index (Phi) is 4.82. The first-order chi connectivity index (χ1) is 9.26. The van der Waals surface area contributed by atoms with Crippen LogP contribution in [0.15, 0.2) is 42.5 Å². The second kappa shape index (κ2) is 6.59. The second-order valence-corrected chi connectivity index (χ2v) is 4.81. The lowest BCUT2D eigenvalue weighted by molar-refractivity contribution is 0.311. The molecule has 0 unspecified atom stereocenters. The molecule has 0 atom stereocenters. The van der Waals surface area contributed by atoms with E-state index in [0.717, 1.165) is 27.8 Å².